The van der Waals surface area contributed by atoms with E-state index in [0.717, 1.165) is 35.2 Å². The molecule has 56 heavy (non-hydrogen) atoms. The van der Waals surface area contributed by atoms with Gasteiger partial charge in [0.2, 0.25) is 0 Å². The van der Waals surface area contributed by atoms with Crippen molar-refractivity contribution in [1.82, 2.24) is 14.5 Å². The van der Waals surface area contributed by atoms with Gasteiger partial charge in [-0.2, -0.15) is 0 Å². The SMILES string of the molecule is CC1(C)C2=CC=C(n3c4ccccc4c4cc(-c5cncc(-c6ccc7c(c6)-c6ccccc6CC[C@H]7c6ccccc6)c5)ccc43)C=CC2c2ncccc21. The normalized spacial score (nSPS) is 18.0. The van der Waals surface area contributed by atoms with Crippen molar-refractivity contribution in [3.8, 4) is 33.4 Å². The lowest BCUT2D eigenvalue weighted by Gasteiger charge is -2.22. The Kier molecular flexibility index (Phi) is 7.47. The van der Waals surface area contributed by atoms with Gasteiger partial charge in [0.25, 0.3) is 0 Å². The molecule has 3 aliphatic carbocycles. The van der Waals surface area contributed by atoms with Gasteiger partial charge in [-0.1, -0.05) is 123 Å². The summed E-state index contributed by atoms with van der Waals surface area (Å²) in [5.74, 6) is 0.529. The smallest absolute Gasteiger partial charge is 0.0554 e. The number of hydrogen-bond donors (Lipinski definition) is 0. The van der Waals surface area contributed by atoms with Crippen molar-refractivity contribution in [2.24, 2.45) is 0 Å². The van der Waals surface area contributed by atoms with Crippen molar-refractivity contribution in [3.05, 3.63) is 210 Å². The molecule has 3 heteroatoms. The number of fused-ring (bicyclic) bond motifs is 9. The third-order valence-electron chi connectivity index (χ3n) is 12.7. The van der Waals surface area contributed by atoms with Crippen LogP contribution >= 0.6 is 0 Å². The lowest BCUT2D eigenvalue weighted by molar-refractivity contribution is 0.635. The molecule has 2 atom stereocenters. The molecule has 0 saturated carbocycles. The number of allylic oxidation sites excluding steroid dienone is 6. The molecule has 0 radical (unpaired) electrons. The number of pyridine rings is 2. The van der Waals surface area contributed by atoms with Crippen molar-refractivity contribution in [2.75, 3.05) is 0 Å². The van der Waals surface area contributed by atoms with E-state index in [1.807, 2.05) is 18.6 Å². The van der Waals surface area contributed by atoms with Crippen molar-refractivity contribution in [3.63, 3.8) is 0 Å². The molecule has 0 bridgehead atoms. The third kappa shape index (κ3) is 5.11. The van der Waals surface area contributed by atoms with Gasteiger partial charge >= 0.3 is 0 Å². The Balaban J connectivity index is 0.992. The predicted molar refractivity (Wildman–Crippen MR) is 232 cm³/mol. The zero-order chi connectivity index (χ0) is 37.4. The van der Waals surface area contributed by atoms with Gasteiger partial charge in [0.1, 0.15) is 0 Å². The first-order valence-electron chi connectivity index (χ1n) is 19.9. The monoisotopic (exact) mass is 719 g/mol. The average Bonchev–Trinajstić information content (AvgIpc) is 3.46. The van der Waals surface area contributed by atoms with Crippen LogP contribution in [0.25, 0.3) is 60.9 Å². The van der Waals surface area contributed by atoms with E-state index < -0.39 is 0 Å². The van der Waals surface area contributed by atoms with Crippen molar-refractivity contribution in [2.45, 2.75) is 43.9 Å². The molecule has 1 unspecified atom stereocenters. The fourth-order valence-corrected chi connectivity index (χ4v) is 9.91. The average molecular weight is 720 g/mol. The van der Waals surface area contributed by atoms with Crippen LogP contribution in [-0.4, -0.2) is 14.5 Å². The zero-order valence-corrected chi connectivity index (χ0v) is 31.7. The van der Waals surface area contributed by atoms with Gasteiger partial charge in [0.05, 0.1) is 16.7 Å². The van der Waals surface area contributed by atoms with Crippen LogP contribution in [0, 0.1) is 0 Å². The number of aryl methyl sites for hydroxylation is 1. The van der Waals surface area contributed by atoms with Crippen LogP contribution in [0.5, 0.6) is 0 Å². The molecule has 8 aromatic rings. The van der Waals surface area contributed by atoms with Gasteiger partial charge in [-0.05, 0) is 111 Å². The second-order valence-corrected chi connectivity index (χ2v) is 16.1. The first kappa shape index (κ1) is 32.8. The number of rotatable bonds is 4. The van der Waals surface area contributed by atoms with E-state index in [-0.39, 0.29) is 11.3 Å². The Labute approximate surface area is 328 Å². The lowest BCUT2D eigenvalue weighted by atomic mass is 9.81. The maximum atomic E-state index is 4.85. The van der Waals surface area contributed by atoms with Crippen LogP contribution in [0.3, 0.4) is 0 Å². The fraction of sp³-hybridized carbons (Fsp3) is 0.132. The summed E-state index contributed by atoms with van der Waals surface area (Å²) in [4.78, 5) is 9.68. The largest absolute Gasteiger partial charge is 0.309 e. The molecular weight excluding hydrogens is 679 g/mol. The summed E-state index contributed by atoms with van der Waals surface area (Å²) in [6.07, 6.45) is 17.4. The second-order valence-electron chi connectivity index (χ2n) is 16.1. The van der Waals surface area contributed by atoms with Crippen LogP contribution in [-0.2, 0) is 11.8 Å². The van der Waals surface area contributed by atoms with Gasteiger partial charge in [-0.25, -0.2) is 0 Å². The molecule has 0 saturated heterocycles. The highest BCUT2D eigenvalue weighted by atomic mass is 15.0. The zero-order valence-electron chi connectivity index (χ0n) is 31.7. The van der Waals surface area contributed by atoms with Gasteiger partial charge in [0, 0.05) is 63.4 Å². The van der Waals surface area contributed by atoms with E-state index in [1.54, 1.807) is 0 Å². The Morgan fingerprint density at radius 1 is 0.643 bits per heavy atom. The third-order valence-corrected chi connectivity index (χ3v) is 12.7. The minimum atomic E-state index is -0.0731. The Bertz CT molecular complexity index is 2960. The Morgan fingerprint density at radius 2 is 1.41 bits per heavy atom. The topological polar surface area (TPSA) is 30.7 Å². The number of benzene rings is 5. The highest BCUT2D eigenvalue weighted by Gasteiger charge is 2.41. The minimum absolute atomic E-state index is 0.0731. The van der Waals surface area contributed by atoms with E-state index in [0.29, 0.717) is 5.92 Å². The maximum absolute atomic E-state index is 4.85. The first-order valence-corrected chi connectivity index (χ1v) is 19.9. The van der Waals surface area contributed by atoms with Crippen LogP contribution in [0.2, 0.25) is 0 Å². The molecule has 3 nitrogen and oxygen atoms in total. The van der Waals surface area contributed by atoms with Gasteiger partial charge in [-0.15, -0.1) is 0 Å². The predicted octanol–water partition coefficient (Wildman–Crippen LogP) is 13.1. The summed E-state index contributed by atoms with van der Waals surface area (Å²) in [5.41, 5.74) is 18.8. The lowest BCUT2D eigenvalue weighted by Crippen LogP contribution is -2.15. The van der Waals surface area contributed by atoms with Crippen molar-refractivity contribution < 1.29 is 0 Å². The molecule has 3 aromatic heterocycles. The molecule has 11 rings (SSSR count). The van der Waals surface area contributed by atoms with Crippen molar-refractivity contribution in [1.29, 1.82) is 0 Å². The van der Waals surface area contributed by atoms with Crippen LogP contribution < -0.4 is 0 Å². The maximum Gasteiger partial charge on any atom is 0.0554 e. The standard InChI is InChI=1S/C53H41N3/c1-53(2)48-26-22-40(21-25-45(48)52-49(53)16-10-28-55-52)56-50-17-9-8-15-44(50)47-31-37(20-27-51(47)56)39-29-38(32-54-33-39)36-19-24-43-42(34-11-4-3-5-12-34)23-18-35-13-6-7-14-41(35)46(43)30-36/h3-17,19-22,24-33,42,45H,18,23H2,1-2H3/t42-,45?/m0/s1. The van der Waals surface area contributed by atoms with Crippen molar-refractivity contribution >= 4 is 27.5 Å². The summed E-state index contributed by atoms with van der Waals surface area (Å²) in [5, 5.41) is 2.47. The molecule has 5 aromatic carbocycles. The number of para-hydroxylation sites is 1. The van der Waals surface area contributed by atoms with Crippen LogP contribution in [0.4, 0.5) is 0 Å². The summed E-state index contributed by atoms with van der Waals surface area (Å²) in [6.45, 7) is 4.65. The van der Waals surface area contributed by atoms with E-state index >= 15 is 0 Å². The molecule has 0 fully saturated rings. The summed E-state index contributed by atoms with van der Waals surface area (Å²) >= 11 is 0. The minimum Gasteiger partial charge on any atom is -0.309 e. The highest BCUT2D eigenvalue weighted by molar-refractivity contribution is 6.11. The Morgan fingerprint density at radius 3 is 2.30 bits per heavy atom. The fourth-order valence-electron chi connectivity index (χ4n) is 9.91. The number of hydrogen-bond acceptors (Lipinski definition) is 2. The number of aromatic nitrogens is 3. The van der Waals surface area contributed by atoms with E-state index in [2.05, 4.69) is 176 Å². The summed E-state index contributed by atoms with van der Waals surface area (Å²) in [6, 6.07) is 49.3. The van der Waals surface area contributed by atoms with Gasteiger partial charge in [-0.3, -0.25) is 9.97 Å². The molecule has 3 aliphatic rings. The molecule has 268 valence electrons. The second kappa shape index (κ2) is 12.7. The molecule has 0 aliphatic heterocycles. The quantitative estimate of drug-likeness (QED) is 0.181. The van der Waals surface area contributed by atoms with Crippen LogP contribution in [0.15, 0.2) is 182 Å². The van der Waals surface area contributed by atoms with E-state index in [1.165, 1.54) is 72.0 Å². The van der Waals surface area contributed by atoms with E-state index in [4.69, 9.17) is 9.97 Å². The molecule has 3 heterocycles. The highest BCUT2D eigenvalue weighted by Crippen LogP contribution is 2.51. The van der Waals surface area contributed by atoms with Gasteiger partial charge in [0.15, 0.2) is 0 Å². The van der Waals surface area contributed by atoms with Gasteiger partial charge < -0.3 is 4.57 Å². The summed E-state index contributed by atoms with van der Waals surface area (Å²) in [7, 11) is 0. The number of nitrogens with zero attached hydrogens (tertiary/aromatic N) is 3. The molecule has 0 amide bonds. The molecule has 0 spiro atoms. The Hall–Kier alpha value is -6.58. The first-order chi connectivity index (χ1) is 27.5. The van der Waals surface area contributed by atoms with E-state index in [9.17, 15) is 0 Å². The molecule has 0 N–H and O–H groups in total. The summed E-state index contributed by atoms with van der Waals surface area (Å²) < 4.78 is 2.42. The van der Waals surface area contributed by atoms with Crippen LogP contribution in [0.1, 0.15) is 60.1 Å². The molecular formula is C53H41N3.